The number of pyridine rings is 2. The minimum Gasteiger partial charge on any atom is -0.298 e. The lowest BCUT2D eigenvalue weighted by Gasteiger charge is -2.12. The molecule has 3 heterocycles. The van der Waals surface area contributed by atoms with E-state index in [0.717, 1.165) is 38.8 Å². The van der Waals surface area contributed by atoms with E-state index in [0.29, 0.717) is 0 Å². The summed E-state index contributed by atoms with van der Waals surface area (Å²) in [6.07, 6.45) is 2.07. The van der Waals surface area contributed by atoms with Crippen LogP contribution < -0.4 is 0 Å². The second-order valence-electron chi connectivity index (χ2n) is 10.3. The van der Waals surface area contributed by atoms with Crippen LogP contribution in [-0.2, 0) is 0 Å². The average Bonchev–Trinajstić information content (AvgIpc) is 3.45. The second-order valence-corrected chi connectivity index (χ2v) is 10.3. The molecule has 0 fully saturated rings. The molecule has 0 radical (unpaired) electrons. The number of para-hydroxylation sites is 1. The topological polar surface area (TPSA) is 30.2 Å². The first-order chi connectivity index (χ1) is 20.3. The van der Waals surface area contributed by atoms with Crippen LogP contribution in [0.1, 0.15) is 0 Å². The number of nitrogens with zero attached hydrogens (tertiary/aromatic N) is 3. The third-order valence-electron chi connectivity index (χ3n) is 7.78. The minimum atomic E-state index is 0.921. The predicted molar refractivity (Wildman–Crippen MR) is 170 cm³/mol. The van der Waals surface area contributed by atoms with Gasteiger partial charge in [0.1, 0.15) is 11.2 Å². The maximum atomic E-state index is 5.15. The third kappa shape index (κ3) is 4.07. The number of hydrogen-bond donors (Lipinski definition) is 0. The van der Waals surface area contributed by atoms with Gasteiger partial charge in [-0.15, -0.1) is 0 Å². The highest BCUT2D eigenvalue weighted by atomic mass is 15.0. The first-order valence-corrected chi connectivity index (χ1v) is 13.8. The van der Waals surface area contributed by atoms with Gasteiger partial charge in [-0.1, -0.05) is 109 Å². The number of aromatic nitrogens is 3. The van der Waals surface area contributed by atoms with E-state index in [2.05, 4.69) is 132 Å². The van der Waals surface area contributed by atoms with Crippen LogP contribution in [0.2, 0.25) is 0 Å². The smallest absolute Gasteiger partial charge is 0.137 e. The molecule has 0 aliphatic rings. The summed E-state index contributed by atoms with van der Waals surface area (Å²) in [4.78, 5) is 10.1. The van der Waals surface area contributed by atoms with Crippen LogP contribution in [0.5, 0.6) is 0 Å². The summed E-state index contributed by atoms with van der Waals surface area (Å²) in [6, 6.07) is 51.2. The van der Waals surface area contributed by atoms with E-state index in [1.165, 1.54) is 33.4 Å². The van der Waals surface area contributed by atoms with Crippen LogP contribution in [0.15, 0.2) is 152 Å². The van der Waals surface area contributed by atoms with Crippen molar-refractivity contribution in [2.24, 2.45) is 0 Å². The molecule has 3 heteroatoms. The Morgan fingerprint density at radius 3 is 1.61 bits per heavy atom. The van der Waals surface area contributed by atoms with E-state index in [-0.39, 0.29) is 0 Å². The highest BCUT2D eigenvalue weighted by molar-refractivity contribution is 6.09. The maximum Gasteiger partial charge on any atom is 0.137 e. The Hall–Kier alpha value is -5.54. The molecular formula is C38H25N3. The second kappa shape index (κ2) is 9.58. The maximum absolute atomic E-state index is 5.15. The number of benzene rings is 5. The summed E-state index contributed by atoms with van der Waals surface area (Å²) in [6.45, 7) is 0. The van der Waals surface area contributed by atoms with Gasteiger partial charge >= 0.3 is 0 Å². The van der Waals surface area contributed by atoms with Gasteiger partial charge in [0.05, 0.1) is 16.7 Å². The van der Waals surface area contributed by atoms with Crippen LogP contribution in [0, 0.1) is 0 Å². The minimum absolute atomic E-state index is 0.921. The molecule has 0 aliphatic carbocycles. The molecule has 0 amide bonds. The summed E-state index contributed by atoms with van der Waals surface area (Å²) >= 11 is 0. The number of hydrogen-bond acceptors (Lipinski definition) is 2. The molecule has 0 aliphatic heterocycles. The number of fused-ring (bicyclic) bond motifs is 5. The molecule has 8 rings (SSSR count). The van der Waals surface area contributed by atoms with Crippen LogP contribution in [-0.4, -0.2) is 14.4 Å². The van der Waals surface area contributed by atoms with Crippen molar-refractivity contribution in [1.29, 1.82) is 0 Å². The van der Waals surface area contributed by atoms with Gasteiger partial charge in [0.25, 0.3) is 0 Å². The number of rotatable bonds is 4. The Labute approximate surface area is 238 Å². The van der Waals surface area contributed by atoms with Gasteiger partial charge in [-0.2, -0.15) is 0 Å². The van der Waals surface area contributed by atoms with Crippen molar-refractivity contribution in [2.45, 2.75) is 0 Å². The van der Waals surface area contributed by atoms with E-state index in [9.17, 15) is 0 Å². The van der Waals surface area contributed by atoms with E-state index >= 15 is 0 Å². The normalized spacial score (nSPS) is 11.4. The molecule has 41 heavy (non-hydrogen) atoms. The molecule has 0 N–H and O–H groups in total. The summed E-state index contributed by atoms with van der Waals surface area (Å²) in [5, 5.41) is 1.07. The van der Waals surface area contributed by atoms with E-state index < -0.39 is 0 Å². The first-order valence-electron chi connectivity index (χ1n) is 13.8. The molecular weight excluding hydrogens is 498 g/mol. The summed E-state index contributed by atoms with van der Waals surface area (Å²) in [5.74, 6) is 0. The predicted octanol–water partition coefficient (Wildman–Crippen LogP) is 9.70. The molecule has 192 valence electrons. The molecule has 0 atom stereocenters. The molecule has 3 aromatic heterocycles. The van der Waals surface area contributed by atoms with Gasteiger partial charge < -0.3 is 0 Å². The highest BCUT2D eigenvalue weighted by Crippen LogP contribution is 2.36. The number of imidazole rings is 1. The lowest BCUT2D eigenvalue weighted by Crippen LogP contribution is -1.92. The van der Waals surface area contributed by atoms with Crippen molar-refractivity contribution < 1.29 is 0 Å². The quantitative estimate of drug-likeness (QED) is 0.230. The molecule has 3 nitrogen and oxygen atoms in total. The van der Waals surface area contributed by atoms with Gasteiger partial charge in [0.15, 0.2) is 0 Å². The molecule has 0 spiro atoms. The lowest BCUT2D eigenvalue weighted by atomic mass is 9.93. The first kappa shape index (κ1) is 23.4. The molecule has 8 aromatic rings. The molecule has 0 bridgehead atoms. The molecule has 0 saturated heterocycles. The van der Waals surface area contributed by atoms with Gasteiger partial charge in [-0.05, 0) is 69.8 Å². The van der Waals surface area contributed by atoms with Crippen LogP contribution >= 0.6 is 0 Å². The van der Waals surface area contributed by atoms with Crippen LogP contribution in [0.4, 0.5) is 0 Å². The van der Waals surface area contributed by atoms with Crippen LogP contribution in [0.3, 0.4) is 0 Å². The largest absolute Gasteiger partial charge is 0.298 e. The van der Waals surface area contributed by atoms with Gasteiger partial charge in [0, 0.05) is 17.1 Å². The Balaban J connectivity index is 1.29. The molecule has 0 saturated carbocycles. The third-order valence-corrected chi connectivity index (χ3v) is 7.78. The average molecular weight is 524 g/mol. The van der Waals surface area contributed by atoms with E-state index in [1.54, 1.807) is 0 Å². The fourth-order valence-corrected chi connectivity index (χ4v) is 5.77. The molecule has 0 unspecified atom stereocenters. The molecule has 5 aromatic carbocycles. The Morgan fingerprint density at radius 2 is 0.951 bits per heavy atom. The summed E-state index contributed by atoms with van der Waals surface area (Å²) in [7, 11) is 0. The monoisotopic (exact) mass is 523 g/mol. The van der Waals surface area contributed by atoms with Crippen molar-refractivity contribution in [3.8, 4) is 44.6 Å². The van der Waals surface area contributed by atoms with E-state index in [4.69, 9.17) is 9.97 Å². The Bertz CT molecular complexity index is 2120. The van der Waals surface area contributed by atoms with Crippen molar-refractivity contribution in [3.05, 3.63) is 152 Å². The van der Waals surface area contributed by atoms with Crippen LogP contribution in [0.25, 0.3) is 72.2 Å². The standard InChI is InChI=1S/C38H25N3/c1-3-11-26(12-4-1)30-23-31(27-13-5-2-6-14-27)25-32(24-30)28-18-20-29(21-19-28)36-38-37(33-15-7-8-16-34(33)39-36)40-35-17-9-10-22-41(35)38/h1-25H. The van der Waals surface area contributed by atoms with Gasteiger partial charge in [-0.3, -0.25) is 4.40 Å². The zero-order chi connectivity index (χ0) is 27.2. The summed E-state index contributed by atoms with van der Waals surface area (Å²) < 4.78 is 2.15. The van der Waals surface area contributed by atoms with Gasteiger partial charge in [-0.25, -0.2) is 9.97 Å². The summed E-state index contributed by atoms with van der Waals surface area (Å²) in [5.41, 5.74) is 13.1. The Kier molecular flexibility index (Phi) is 5.46. The fraction of sp³-hybridized carbons (Fsp3) is 0. The van der Waals surface area contributed by atoms with Crippen molar-refractivity contribution >= 4 is 27.6 Å². The fourth-order valence-electron chi connectivity index (χ4n) is 5.77. The Morgan fingerprint density at radius 1 is 0.415 bits per heavy atom. The van der Waals surface area contributed by atoms with Crippen molar-refractivity contribution in [3.63, 3.8) is 0 Å². The SMILES string of the molecule is c1ccc(-c2cc(-c3ccccc3)cc(-c3ccc(-c4nc5ccccc5c5nc6ccccn6c45)cc3)c2)cc1. The lowest BCUT2D eigenvalue weighted by molar-refractivity contribution is 1.22. The zero-order valence-electron chi connectivity index (χ0n) is 22.3. The highest BCUT2D eigenvalue weighted by Gasteiger charge is 2.16. The van der Waals surface area contributed by atoms with Crippen molar-refractivity contribution in [2.75, 3.05) is 0 Å². The zero-order valence-corrected chi connectivity index (χ0v) is 22.3. The van der Waals surface area contributed by atoms with E-state index in [1.807, 2.05) is 24.3 Å². The van der Waals surface area contributed by atoms with Gasteiger partial charge in [0.2, 0.25) is 0 Å². The van der Waals surface area contributed by atoms with Crippen molar-refractivity contribution in [1.82, 2.24) is 14.4 Å².